The molecule has 3 N–H and O–H groups in total. The van der Waals surface area contributed by atoms with Crippen molar-refractivity contribution < 1.29 is 4.79 Å². The minimum atomic E-state index is -0.495. The molecule has 0 bridgehead atoms. The predicted octanol–water partition coefficient (Wildman–Crippen LogP) is 3.56. The number of rotatable bonds is 5. The van der Waals surface area contributed by atoms with Crippen LogP contribution >= 0.6 is 15.9 Å². The van der Waals surface area contributed by atoms with E-state index in [1.54, 1.807) is 0 Å². The number of amides is 1. The smallest absolute Gasteiger partial charge is 0.248 e. The molecule has 1 amide bonds. The van der Waals surface area contributed by atoms with Crippen molar-refractivity contribution in [1.82, 2.24) is 0 Å². The minimum absolute atomic E-state index is 0.331. The third kappa shape index (κ3) is 3.71. The van der Waals surface area contributed by atoms with Crippen molar-refractivity contribution in [1.29, 1.82) is 0 Å². The van der Waals surface area contributed by atoms with Crippen LogP contribution in [-0.2, 0) is 11.3 Å². The van der Waals surface area contributed by atoms with Gasteiger partial charge in [-0.25, -0.2) is 0 Å². The number of primary amides is 1. The standard InChI is InChI=1S/C16H15BrN2O/c1-11(16(18)20)13-4-2-12(3-5-13)10-19-15-8-6-14(17)7-9-15/h2-9,19H,1,10H2,(H2,18,20). The average molecular weight is 331 g/mol. The maximum atomic E-state index is 11.0. The van der Waals surface area contributed by atoms with Crippen LogP contribution in [0, 0.1) is 0 Å². The molecule has 3 nitrogen and oxygen atoms in total. The van der Waals surface area contributed by atoms with Crippen molar-refractivity contribution in [3.05, 3.63) is 70.7 Å². The Labute approximate surface area is 126 Å². The number of hydrogen-bond acceptors (Lipinski definition) is 2. The van der Waals surface area contributed by atoms with E-state index in [-0.39, 0.29) is 0 Å². The molecule has 0 saturated carbocycles. The SMILES string of the molecule is C=C(C(N)=O)c1ccc(CNc2ccc(Br)cc2)cc1. The Morgan fingerprint density at radius 3 is 2.25 bits per heavy atom. The van der Waals surface area contributed by atoms with Crippen molar-refractivity contribution in [3.63, 3.8) is 0 Å². The third-order valence-corrected chi connectivity index (χ3v) is 3.47. The van der Waals surface area contributed by atoms with Gasteiger partial charge in [0.2, 0.25) is 5.91 Å². The Morgan fingerprint density at radius 1 is 1.10 bits per heavy atom. The van der Waals surface area contributed by atoms with Crippen molar-refractivity contribution in [2.75, 3.05) is 5.32 Å². The quantitative estimate of drug-likeness (QED) is 0.823. The normalized spacial score (nSPS) is 10.1. The van der Waals surface area contributed by atoms with Gasteiger partial charge in [0.25, 0.3) is 0 Å². The molecule has 0 atom stereocenters. The lowest BCUT2D eigenvalue weighted by Crippen LogP contribution is -2.11. The number of carbonyl (C=O) groups excluding carboxylic acids is 1. The average Bonchev–Trinajstić information content (AvgIpc) is 2.46. The van der Waals surface area contributed by atoms with Gasteiger partial charge >= 0.3 is 0 Å². The Kier molecular flexibility index (Phi) is 4.58. The summed E-state index contributed by atoms with van der Waals surface area (Å²) < 4.78 is 1.05. The molecule has 0 aliphatic carbocycles. The summed E-state index contributed by atoms with van der Waals surface area (Å²) >= 11 is 3.40. The van der Waals surface area contributed by atoms with Crippen LogP contribution in [0.5, 0.6) is 0 Å². The maximum absolute atomic E-state index is 11.0. The first-order valence-electron chi connectivity index (χ1n) is 6.14. The molecule has 2 aromatic carbocycles. The summed E-state index contributed by atoms with van der Waals surface area (Å²) in [7, 11) is 0. The first kappa shape index (κ1) is 14.3. The van der Waals surface area contributed by atoms with E-state index in [0.717, 1.165) is 21.3 Å². The van der Waals surface area contributed by atoms with Gasteiger partial charge in [-0.3, -0.25) is 4.79 Å². The van der Waals surface area contributed by atoms with Gasteiger partial charge < -0.3 is 11.1 Å². The summed E-state index contributed by atoms with van der Waals surface area (Å²) in [6, 6.07) is 15.6. The van der Waals surface area contributed by atoms with E-state index in [9.17, 15) is 4.79 Å². The molecular formula is C16H15BrN2O. The highest BCUT2D eigenvalue weighted by atomic mass is 79.9. The molecule has 0 saturated heterocycles. The van der Waals surface area contributed by atoms with Gasteiger partial charge in [-0.05, 0) is 35.4 Å². The van der Waals surface area contributed by atoms with Crippen LogP contribution in [0.4, 0.5) is 5.69 Å². The first-order valence-corrected chi connectivity index (χ1v) is 6.93. The summed E-state index contributed by atoms with van der Waals surface area (Å²) in [5.74, 6) is -0.495. The number of nitrogens with two attached hydrogens (primary N) is 1. The van der Waals surface area contributed by atoms with E-state index in [4.69, 9.17) is 5.73 Å². The van der Waals surface area contributed by atoms with Gasteiger partial charge in [0, 0.05) is 22.3 Å². The Bertz CT molecular complexity index is 618. The number of benzene rings is 2. The van der Waals surface area contributed by atoms with Crippen LogP contribution in [0.15, 0.2) is 59.6 Å². The molecule has 0 fully saturated rings. The fraction of sp³-hybridized carbons (Fsp3) is 0.0625. The third-order valence-electron chi connectivity index (χ3n) is 2.94. The van der Waals surface area contributed by atoms with Crippen molar-refractivity contribution in [2.45, 2.75) is 6.54 Å². The highest BCUT2D eigenvalue weighted by Gasteiger charge is 2.04. The van der Waals surface area contributed by atoms with Crippen LogP contribution in [0.1, 0.15) is 11.1 Å². The van der Waals surface area contributed by atoms with Gasteiger partial charge in [-0.2, -0.15) is 0 Å². The summed E-state index contributed by atoms with van der Waals surface area (Å²) in [5, 5.41) is 3.32. The highest BCUT2D eigenvalue weighted by molar-refractivity contribution is 9.10. The lowest BCUT2D eigenvalue weighted by Gasteiger charge is -2.08. The summed E-state index contributed by atoms with van der Waals surface area (Å²) in [6.07, 6.45) is 0. The van der Waals surface area contributed by atoms with Gasteiger partial charge in [-0.1, -0.05) is 46.8 Å². The molecule has 0 aliphatic heterocycles. The summed E-state index contributed by atoms with van der Waals surface area (Å²) in [4.78, 5) is 11.0. The number of halogens is 1. The van der Waals surface area contributed by atoms with Crippen molar-refractivity contribution >= 4 is 33.1 Å². The lowest BCUT2D eigenvalue weighted by molar-refractivity contribution is -0.112. The van der Waals surface area contributed by atoms with E-state index < -0.39 is 5.91 Å². The van der Waals surface area contributed by atoms with E-state index in [0.29, 0.717) is 12.1 Å². The molecule has 0 spiro atoms. The van der Waals surface area contributed by atoms with Crippen LogP contribution in [0.2, 0.25) is 0 Å². The monoisotopic (exact) mass is 330 g/mol. The van der Waals surface area contributed by atoms with E-state index >= 15 is 0 Å². The number of carbonyl (C=O) groups is 1. The number of nitrogens with one attached hydrogen (secondary N) is 1. The van der Waals surface area contributed by atoms with Gasteiger partial charge in [0.05, 0.1) is 0 Å². The molecule has 4 heteroatoms. The van der Waals surface area contributed by atoms with Crippen molar-refractivity contribution in [3.8, 4) is 0 Å². The van der Waals surface area contributed by atoms with Gasteiger partial charge in [0.15, 0.2) is 0 Å². The molecule has 2 aromatic rings. The Hall–Kier alpha value is -2.07. The second kappa shape index (κ2) is 6.39. The molecule has 0 aromatic heterocycles. The van der Waals surface area contributed by atoms with E-state index in [1.165, 1.54) is 0 Å². The minimum Gasteiger partial charge on any atom is -0.381 e. The molecule has 102 valence electrons. The Balaban J connectivity index is 1.99. The van der Waals surface area contributed by atoms with E-state index in [1.807, 2.05) is 48.5 Å². The molecule has 20 heavy (non-hydrogen) atoms. The lowest BCUT2D eigenvalue weighted by atomic mass is 10.1. The summed E-state index contributed by atoms with van der Waals surface area (Å²) in [5.41, 5.74) is 8.46. The first-order chi connectivity index (χ1) is 9.56. The molecule has 2 rings (SSSR count). The van der Waals surface area contributed by atoms with Crippen LogP contribution < -0.4 is 11.1 Å². The zero-order chi connectivity index (χ0) is 14.5. The molecule has 0 aliphatic rings. The Morgan fingerprint density at radius 2 is 1.70 bits per heavy atom. The van der Waals surface area contributed by atoms with Crippen LogP contribution in [0.3, 0.4) is 0 Å². The summed E-state index contributed by atoms with van der Waals surface area (Å²) in [6.45, 7) is 4.37. The zero-order valence-electron chi connectivity index (χ0n) is 10.9. The van der Waals surface area contributed by atoms with Crippen LogP contribution in [-0.4, -0.2) is 5.91 Å². The zero-order valence-corrected chi connectivity index (χ0v) is 12.5. The maximum Gasteiger partial charge on any atom is 0.248 e. The largest absolute Gasteiger partial charge is 0.381 e. The molecule has 0 unspecified atom stereocenters. The topological polar surface area (TPSA) is 55.1 Å². The fourth-order valence-corrected chi connectivity index (χ4v) is 2.00. The molecule has 0 heterocycles. The second-order valence-corrected chi connectivity index (χ2v) is 5.32. The van der Waals surface area contributed by atoms with Crippen molar-refractivity contribution in [2.24, 2.45) is 5.73 Å². The fourth-order valence-electron chi connectivity index (χ4n) is 1.74. The molecular weight excluding hydrogens is 316 g/mol. The van der Waals surface area contributed by atoms with E-state index in [2.05, 4.69) is 27.8 Å². The number of hydrogen-bond donors (Lipinski definition) is 2. The highest BCUT2D eigenvalue weighted by Crippen LogP contribution is 2.16. The van der Waals surface area contributed by atoms with Gasteiger partial charge in [-0.15, -0.1) is 0 Å². The number of anilines is 1. The predicted molar refractivity (Wildman–Crippen MR) is 86.1 cm³/mol. The second-order valence-electron chi connectivity index (χ2n) is 4.40. The molecule has 0 radical (unpaired) electrons. The van der Waals surface area contributed by atoms with Crippen LogP contribution in [0.25, 0.3) is 5.57 Å². The van der Waals surface area contributed by atoms with Gasteiger partial charge in [0.1, 0.15) is 0 Å².